The number of aliphatic hydroxyl groups excluding tert-OH is 2. The van der Waals surface area contributed by atoms with Gasteiger partial charge in [0.2, 0.25) is 5.78 Å². The second-order valence-corrected chi connectivity index (χ2v) is 9.10. The lowest BCUT2D eigenvalue weighted by atomic mass is 10.1. The van der Waals surface area contributed by atoms with Gasteiger partial charge in [-0.1, -0.05) is 6.07 Å². The summed E-state index contributed by atoms with van der Waals surface area (Å²) < 4.78 is 31.8. The molecule has 1 fully saturated rings. The Labute approximate surface area is 195 Å². The normalized spacial score (nSPS) is 22.6. The first-order valence-corrected chi connectivity index (χ1v) is 11.7. The highest BCUT2D eigenvalue weighted by Crippen LogP contribution is 2.28. The quantitative estimate of drug-likeness (QED) is 0.273. The Morgan fingerprint density at radius 3 is 2.79 bits per heavy atom. The number of anilines is 1. The van der Waals surface area contributed by atoms with Crippen LogP contribution in [0, 0.1) is 0 Å². The molecule has 0 aliphatic heterocycles. The van der Waals surface area contributed by atoms with E-state index in [-0.39, 0.29) is 23.5 Å². The Kier molecular flexibility index (Phi) is 6.95. The maximum absolute atomic E-state index is 13.1. The van der Waals surface area contributed by atoms with Crippen molar-refractivity contribution in [2.45, 2.75) is 37.3 Å². The van der Waals surface area contributed by atoms with Crippen molar-refractivity contribution in [3.8, 4) is 0 Å². The molecule has 3 aromatic rings. The molecule has 0 radical (unpaired) electrons. The van der Waals surface area contributed by atoms with E-state index in [1.807, 2.05) is 16.9 Å². The summed E-state index contributed by atoms with van der Waals surface area (Å²) in [6.07, 6.45) is 1.77. The summed E-state index contributed by atoms with van der Waals surface area (Å²) in [4.78, 5) is 25.3. The van der Waals surface area contributed by atoms with Gasteiger partial charge >= 0.3 is 10.3 Å². The topological polar surface area (TPSA) is 181 Å². The zero-order chi connectivity index (χ0) is 24.3. The molecule has 0 unspecified atom stereocenters. The molecule has 4 N–H and O–H groups in total. The van der Waals surface area contributed by atoms with Crippen LogP contribution in [0.4, 0.5) is 5.82 Å². The monoisotopic (exact) mass is 489 g/mol. The molecule has 3 aromatic heterocycles. The molecule has 0 saturated heterocycles. The molecule has 1 saturated carbocycles. The molecule has 0 aromatic carbocycles. The summed E-state index contributed by atoms with van der Waals surface area (Å²) in [7, 11) is -2.91. The van der Waals surface area contributed by atoms with Gasteiger partial charge in [-0.2, -0.15) is 18.2 Å². The van der Waals surface area contributed by atoms with Gasteiger partial charge in [0.25, 0.3) is 0 Å². The molecule has 0 bridgehead atoms. The van der Waals surface area contributed by atoms with Crippen molar-refractivity contribution >= 4 is 21.9 Å². The summed E-state index contributed by atoms with van der Waals surface area (Å²) in [5.41, 5.74) is 1.03. The second-order valence-electron chi connectivity index (χ2n) is 7.59. The van der Waals surface area contributed by atoms with Gasteiger partial charge < -0.3 is 15.5 Å². The zero-order valence-electron chi connectivity index (χ0n) is 18.0. The highest BCUT2D eigenvalue weighted by atomic mass is 32.2. The average molecular weight is 490 g/mol. The van der Waals surface area contributed by atoms with Gasteiger partial charge in [0.05, 0.1) is 23.8 Å². The Hall–Kier alpha value is -3.30. The number of nitrogens with one attached hydrogen (secondary N) is 2. The molecular formula is C20H23N7O6S. The Balaban J connectivity index is 1.50. The fraction of sp³-hybridized carbons (Fsp3) is 0.350. The van der Waals surface area contributed by atoms with E-state index in [1.54, 1.807) is 29.2 Å². The van der Waals surface area contributed by atoms with E-state index in [1.165, 1.54) is 19.6 Å². The average Bonchev–Trinajstić information content (AvgIpc) is 3.40. The van der Waals surface area contributed by atoms with Crippen LogP contribution in [0.2, 0.25) is 0 Å². The van der Waals surface area contributed by atoms with Gasteiger partial charge in [-0.3, -0.25) is 18.6 Å². The van der Waals surface area contributed by atoms with Crippen LogP contribution in [0.25, 0.3) is 0 Å². The molecule has 14 heteroatoms. The van der Waals surface area contributed by atoms with E-state index in [0.29, 0.717) is 6.54 Å². The van der Waals surface area contributed by atoms with E-state index >= 15 is 0 Å². The third-order valence-corrected chi connectivity index (χ3v) is 6.33. The molecule has 180 valence electrons. The molecule has 34 heavy (non-hydrogen) atoms. The van der Waals surface area contributed by atoms with Crippen LogP contribution in [-0.2, 0) is 21.0 Å². The zero-order valence-corrected chi connectivity index (χ0v) is 18.8. The summed E-state index contributed by atoms with van der Waals surface area (Å²) in [5.74, 6) is -0.353. The second kappa shape index (κ2) is 9.90. The fourth-order valence-corrected chi connectivity index (χ4v) is 4.21. The van der Waals surface area contributed by atoms with Crippen LogP contribution < -0.4 is 10.0 Å². The number of rotatable bonds is 9. The first-order valence-electron chi connectivity index (χ1n) is 10.3. The smallest absolute Gasteiger partial charge is 0.335 e. The third kappa shape index (κ3) is 5.26. The van der Waals surface area contributed by atoms with E-state index in [0.717, 1.165) is 5.69 Å². The van der Waals surface area contributed by atoms with Gasteiger partial charge in [0.15, 0.2) is 0 Å². The van der Waals surface area contributed by atoms with Crippen molar-refractivity contribution in [3.05, 3.63) is 66.1 Å². The SMILES string of the molecule is CNS(=O)(=O)O[C@@H]1C[C@@H](Nc2ncncc2C(=O)c2ccn(Cc3ccccn3)n2)[C@H](O)[C@H]1O. The van der Waals surface area contributed by atoms with Gasteiger partial charge in [0, 0.05) is 32.1 Å². The van der Waals surface area contributed by atoms with Crippen molar-refractivity contribution in [1.82, 2.24) is 29.5 Å². The molecule has 13 nitrogen and oxygen atoms in total. The van der Waals surface area contributed by atoms with Gasteiger partial charge in [-0.25, -0.2) is 9.97 Å². The maximum Gasteiger partial charge on any atom is 0.335 e. The van der Waals surface area contributed by atoms with Crippen LogP contribution in [0.5, 0.6) is 0 Å². The molecule has 1 aliphatic rings. The minimum Gasteiger partial charge on any atom is -0.388 e. The van der Waals surface area contributed by atoms with E-state index in [2.05, 4.69) is 25.4 Å². The summed E-state index contributed by atoms with van der Waals surface area (Å²) in [5, 5.41) is 27.8. The summed E-state index contributed by atoms with van der Waals surface area (Å²) in [6, 6.07) is 6.23. The van der Waals surface area contributed by atoms with Gasteiger partial charge in [-0.05, 0) is 18.2 Å². The van der Waals surface area contributed by atoms with E-state index < -0.39 is 40.4 Å². The predicted molar refractivity (Wildman–Crippen MR) is 118 cm³/mol. The minimum atomic E-state index is -4.08. The Bertz CT molecular complexity index is 1250. The first-order chi connectivity index (χ1) is 16.3. The largest absolute Gasteiger partial charge is 0.388 e. The van der Waals surface area contributed by atoms with Crippen molar-refractivity contribution in [2.24, 2.45) is 0 Å². The highest BCUT2D eigenvalue weighted by Gasteiger charge is 2.44. The summed E-state index contributed by atoms with van der Waals surface area (Å²) in [6.45, 7) is 0.383. The molecule has 4 atom stereocenters. The Morgan fingerprint density at radius 1 is 1.24 bits per heavy atom. The van der Waals surface area contributed by atoms with Crippen molar-refractivity contribution in [1.29, 1.82) is 0 Å². The number of hydrogen-bond acceptors (Lipinski definition) is 11. The van der Waals surface area contributed by atoms with Crippen LogP contribution >= 0.6 is 0 Å². The van der Waals surface area contributed by atoms with Crippen molar-refractivity contribution in [2.75, 3.05) is 12.4 Å². The molecular weight excluding hydrogens is 466 g/mol. The number of ketones is 1. The standard InChI is InChI=1S/C20H23N7O6S/c1-21-34(31,32)33-16-8-15(18(29)19(16)30)25-20-13(9-22-11-24-20)17(28)14-5-7-27(26-14)10-12-4-2-3-6-23-12/h2-7,9,11,15-16,18-19,21,29-30H,8,10H2,1H3,(H,22,24,25)/t15-,16-,18+,19+/m1/s1. The van der Waals surface area contributed by atoms with Crippen LogP contribution in [0.15, 0.2) is 49.2 Å². The summed E-state index contributed by atoms with van der Waals surface area (Å²) >= 11 is 0. The number of carbonyl (C=O) groups excluding carboxylic acids is 1. The first kappa shape index (κ1) is 23.8. The van der Waals surface area contributed by atoms with Crippen LogP contribution in [-0.4, -0.2) is 80.5 Å². The third-order valence-electron chi connectivity index (χ3n) is 5.33. The van der Waals surface area contributed by atoms with Crippen molar-refractivity contribution in [3.63, 3.8) is 0 Å². The lowest BCUT2D eigenvalue weighted by molar-refractivity contribution is -0.00882. The van der Waals surface area contributed by atoms with Crippen LogP contribution in [0.3, 0.4) is 0 Å². The molecule has 0 spiro atoms. The molecule has 4 rings (SSSR count). The lowest BCUT2D eigenvalue weighted by Crippen LogP contribution is -2.38. The predicted octanol–water partition coefficient (Wildman–Crippen LogP) is -0.897. The molecule has 3 heterocycles. The molecule has 1 aliphatic carbocycles. The van der Waals surface area contributed by atoms with E-state index in [9.17, 15) is 23.4 Å². The number of pyridine rings is 1. The Morgan fingerprint density at radius 2 is 2.06 bits per heavy atom. The van der Waals surface area contributed by atoms with E-state index in [4.69, 9.17) is 4.18 Å². The number of carbonyl (C=O) groups is 1. The van der Waals surface area contributed by atoms with Crippen molar-refractivity contribution < 1.29 is 27.6 Å². The fourth-order valence-electron chi connectivity index (χ4n) is 3.59. The van der Waals surface area contributed by atoms with Gasteiger partial charge in [0.1, 0.15) is 36.2 Å². The lowest BCUT2D eigenvalue weighted by Gasteiger charge is -2.19. The molecule has 0 amide bonds. The minimum absolute atomic E-state index is 0.0560. The maximum atomic E-state index is 13.1. The van der Waals surface area contributed by atoms with Gasteiger partial charge in [-0.15, -0.1) is 0 Å². The number of aliphatic hydroxyl groups is 2. The van der Waals surface area contributed by atoms with Crippen LogP contribution in [0.1, 0.15) is 28.2 Å². The highest BCUT2D eigenvalue weighted by molar-refractivity contribution is 7.84. The number of hydrogen-bond donors (Lipinski definition) is 4. The number of nitrogens with zero attached hydrogens (tertiary/aromatic N) is 5. The number of aromatic nitrogens is 5.